The van der Waals surface area contributed by atoms with Crippen LogP contribution < -0.4 is 5.32 Å². The Morgan fingerprint density at radius 3 is 2.38 bits per heavy atom. The predicted molar refractivity (Wildman–Crippen MR) is 76.9 cm³/mol. The SMILES string of the molecule is CC1(C)CCCC1Nc1c(Br)cccc1Br. The number of hydrogen-bond donors (Lipinski definition) is 1. The number of rotatable bonds is 2. The van der Waals surface area contributed by atoms with Crippen molar-refractivity contribution in [1.29, 1.82) is 0 Å². The Balaban J connectivity index is 2.21. The van der Waals surface area contributed by atoms with Crippen molar-refractivity contribution in [2.24, 2.45) is 5.41 Å². The van der Waals surface area contributed by atoms with E-state index in [4.69, 9.17) is 0 Å². The maximum atomic E-state index is 3.67. The molecular weight excluding hydrogens is 330 g/mol. The molecule has 1 aliphatic rings. The molecule has 0 aromatic heterocycles. The van der Waals surface area contributed by atoms with Gasteiger partial charge in [-0.1, -0.05) is 26.3 Å². The zero-order valence-corrected chi connectivity index (χ0v) is 12.9. The van der Waals surface area contributed by atoms with Crippen molar-refractivity contribution in [3.63, 3.8) is 0 Å². The molecule has 0 bridgehead atoms. The largest absolute Gasteiger partial charge is 0.380 e. The fraction of sp³-hybridized carbons (Fsp3) is 0.538. The van der Waals surface area contributed by atoms with Crippen LogP contribution in [0.15, 0.2) is 27.1 Å². The van der Waals surface area contributed by atoms with Gasteiger partial charge in [0, 0.05) is 15.0 Å². The van der Waals surface area contributed by atoms with Crippen molar-refractivity contribution in [2.45, 2.75) is 39.2 Å². The summed E-state index contributed by atoms with van der Waals surface area (Å²) in [5.41, 5.74) is 1.58. The van der Waals surface area contributed by atoms with E-state index in [0.29, 0.717) is 11.5 Å². The summed E-state index contributed by atoms with van der Waals surface area (Å²) in [5.74, 6) is 0. The summed E-state index contributed by atoms with van der Waals surface area (Å²) in [5, 5.41) is 3.67. The van der Waals surface area contributed by atoms with Gasteiger partial charge in [-0.2, -0.15) is 0 Å². The lowest BCUT2D eigenvalue weighted by Gasteiger charge is -2.29. The molecule has 0 amide bonds. The molecule has 2 rings (SSSR count). The highest BCUT2D eigenvalue weighted by molar-refractivity contribution is 9.11. The smallest absolute Gasteiger partial charge is 0.0631 e. The van der Waals surface area contributed by atoms with Crippen molar-refractivity contribution >= 4 is 37.5 Å². The van der Waals surface area contributed by atoms with Gasteiger partial charge in [-0.3, -0.25) is 0 Å². The van der Waals surface area contributed by atoms with Gasteiger partial charge in [-0.05, 0) is 62.2 Å². The molecule has 16 heavy (non-hydrogen) atoms. The second kappa shape index (κ2) is 4.69. The Morgan fingerprint density at radius 2 is 1.88 bits per heavy atom. The first-order valence-corrected chi connectivity index (χ1v) is 7.30. The van der Waals surface area contributed by atoms with Gasteiger partial charge in [-0.25, -0.2) is 0 Å². The zero-order chi connectivity index (χ0) is 11.8. The number of para-hydroxylation sites is 1. The molecule has 1 aromatic carbocycles. The Labute approximate surface area is 114 Å². The normalized spacial score (nSPS) is 23.4. The van der Waals surface area contributed by atoms with Crippen molar-refractivity contribution in [3.05, 3.63) is 27.1 Å². The van der Waals surface area contributed by atoms with Crippen molar-refractivity contribution in [1.82, 2.24) is 0 Å². The number of anilines is 1. The van der Waals surface area contributed by atoms with E-state index in [1.807, 2.05) is 6.07 Å². The summed E-state index contributed by atoms with van der Waals surface area (Å²) in [6.07, 6.45) is 3.90. The van der Waals surface area contributed by atoms with Crippen LogP contribution >= 0.6 is 31.9 Å². The van der Waals surface area contributed by atoms with Crippen LogP contribution in [0.3, 0.4) is 0 Å². The van der Waals surface area contributed by atoms with Crippen LogP contribution in [0.5, 0.6) is 0 Å². The van der Waals surface area contributed by atoms with E-state index in [2.05, 4.69) is 63.2 Å². The highest BCUT2D eigenvalue weighted by atomic mass is 79.9. The van der Waals surface area contributed by atoms with Gasteiger partial charge in [0.25, 0.3) is 0 Å². The van der Waals surface area contributed by atoms with Crippen molar-refractivity contribution < 1.29 is 0 Å². The fourth-order valence-corrected chi connectivity index (χ4v) is 3.63. The minimum atomic E-state index is 0.398. The topological polar surface area (TPSA) is 12.0 Å². The van der Waals surface area contributed by atoms with E-state index in [9.17, 15) is 0 Å². The van der Waals surface area contributed by atoms with E-state index in [0.717, 1.165) is 8.95 Å². The molecule has 0 heterocycles. The second-order valence-electron chi connectivity index (χ2n) is 5.17. The van der Waals surface area contributed by atoms with Crippen LogP contribution in [0.4, 0.5) is 5.69 Å². The number of halogens is 2. The van der Waals surface area contributed by atoms with Crippen LogP contribution in [0.25, 0.3) is 0 Å². The molecule has 0 radical (unpaired) electrons. The fourth-order valence-electron chi connectivity index (χ4n) is 2.40. The minimum Gasteiger partial charge on any atom is -0.380 e. The van der Waals surface area contributed by atoms with Crippen molar-refractivity contribution in [2.75, 3.05) is 5.32 Å². The van der Waals surface area contributed by atoms with E-state index < -0.39 is 0 Å². The highest BCUT2D eigenvalue weighted by Gasteiger charge is 2.34. The maximum Gasteiger partial charge on any atom is 0.0631 e. The monoisotopic (exact) mass is 345 g/mol. The van der Waals surface area contributed by atoms with Gasteiger partial charge in [-0.15, -0.1) is 0 Å². The molecule has 1 saturated carbocycles. The summed E-state index contributed by atoms with van der Waals surface area (Å²) >= 11 is 7.20. The molecule has 1 aromatic rings. The number of nitrogens with one attached hydrogen (secondary N) is 1. The predicted octanol–water partition coefficient (Wildman–Crippen LogP) is 5.20. The average Bonchev–Trinajstić information content (AvgIpc) is 2.52. The molecule has 1 nitrogen and oxygen atoms in total. The van der Waals surface area contributed by atoms with Gasteiger partial charge < -0.3 is 5.32 Å². The Morgan fingerprint density at radius 1 is 1.25 bits per heavy atom. The summed E-state index contributed by atoms with van der Waals surface area (Å²) in [6.45, 7) is 4.70. The van der Waals surface area contributed by atoms with E-state index in [1.165, 1.54) is 24.9 Å². The lowest BCUT2D eigenvalue weighted by molar-refractivity contribution is 0.350. The third-order valence-electron chi connectivity index (χ3n) is 3.54. The molecule has 1 unspecified atom stereocenters. The third kappa shape index (κ3) is 2.45. The Bertz CT molecular complexity index is 367. The molecule has 1 N–H and O–H groups in total. The standard InChI is InChI=1S/C13H17Br2N/c1-13(2)8-4-7-11(13)16-12-9(14)5-3-6-10(12)15/h3,5-6,11,16H,4,7-8H2,1-2H3. The summed E-state index contributed by atoms with van der Waals surface area (Å²) in [4.78, 5) is 0. The highest BCUT2D eigenvalue weighted by Crippen LogP contribution is 2.41. The van der Waals surface area contributed by atoms with Crippen LogP contribution in [0, 0.1) is 5.41 Å². The second-order valence-corrected chi connectivity index (χ2v) is 6.88. The molecule has 88 valence electrons. The van der Waals surface area contributed by atoms with Crippen LogP contribution in [0.1, 0.15) is 33.1 Å². The Kier molecular flexibility index (Phi) is 3.65. The van der Waals surface area contributed by atoms with E-state index in [1.54, 1.807) is 0 Å². The van der Waals surface area contributed by atoms with Crippen LogP contribution in [0.2, 0.25) is 0 Å². The zero-order valence-electron chi connectivity index (χ0n) is 9.69. The van der Waals surface area contributed by atoms with E-state index >= 15 is 0 Å². The number of benzene rings is 1. The summed E-state index contributed by atoms with van der Waals surface area (Å²) < 4.78 is 2.26. The van der Waals surface area contributed by atoms with Gasteiger partial charge in [0.2, 0.25) is 0 Å². The maximum absolute atomic E-state index is 3.67. The molecule has 0 spiro atoms. The van der Waals surface area contributed by atoms with Gasteiger partial charge in [0.1, 0.15) is 0 Å². The van der Waals surface area contributed by atoms with Crippen LogP contribution in [-0.2, 0) is 0 Å². The van der Waals surface area contributed by atoms with Gasteiger partial charge >= 0.3 is 0 Å². The molecule has 1 fully saturated rings. The molecule has 3 heteroatoms. The first kappa shape index (κ1) is 12.4. The quantitative estimate of drug-likeness (QED) is 0.775. The first-order valence-electron chi connectivity index (χ1n) is 5.71. The third-order valence-corrected chi connectivity index (χ3v) is 4.86. The molecule has 0 aliphatic heterocycles. The molecule has 1 aliphatic carbocycles. The van der Waals surface area contributed by atoms with E-state index in [-0.39, 0.29) is 0 Å². The summed E-state index contributed by atoms with van der Waals surface area (Å²) in [7, 11) is 0. The van der Waals surface area contributed by atoms with Crippen molar-refractivity contribution in [3.8, 4) is 0 Å². The van der Waals surface area contributed by atoms with Crippen LogP contribution in [-0.4, -0.2) is 6.04 Å². The molecule has 1 atom stereocenters. The molecular formula is C13H17Br2N. The lowest BCUT2D eigenvalue weighted by Crippen LogP contribution is -2.31. The first-order chi connectivity index (χ1) is 7.50. The Hall–Kier alpha value is -0.0200. The minimum absolute atomic E-state index is 0.398. The average molecular weight is 347 g/mol. The number of hydrogen-bond acceptors (Lipinski definition) is 1. The van der Waals surface area contributed by atoms with Gasteiger partial charge in [0.05, 0.1) is 5.69 Å². The lowest BCUT2D eigenvalue weighted by atomic mass is 9.87. The summed E-state index contributed by atoms with van der Waals surface area (Å²) in [6, 6.07) is 6.77. The van der Waals surface area contributed by atoms with Gasteiger partial charge in [0.15, 0.2) is 0 Å². The molecule has 0 saturated heterocycles.